The largest absolute Gasteiger partial charge is 0.354 e. The molecule has 0 fully saturated rings. The minimum Gasteiger partial charge on any atom is -0.354 e. The second-order valence-corrected chi connectivity index (χ2v) is 3.42. The molecule has 124 valence electrons. The van der Waals surface area contributed by atoms with Crippen LogP contribution in [0.2, 0.25) is 0 Å². The molecule has 0 heterocycles. The summed E-state index contributed by atoms with van der Waals surface area (Å²) in [5.74, 6) is -1.18. The van der Waals surface area contributed by atoms with E-state index in [-0.39, 0.29) is 17.7 Å². The first-order valence-corrected chi connectivity index (χ1v) is 7.15. The number of hydrogen-bond acceptors (Lipinski definition) is 4. The molecule has 0 saturated heterocycles. The number of nitrogens with one attached hydrogen (secondary N) is 1. The Morgan fingerprint density at radius 3 is 2.23 bits per heavy atom. The zero-order chi connectivity index (χ0) is 17.5. The van der Waals surface area contributed by atoms with Gasteiger partial charge in [-0.25, -0.2) is 4.39 Å². The van der Waals surface area contributed by atoms with Crippen LogP contribution in [-0.4, -0.2) is 33.0 Å². The third-order valence-electron chi connectivity index (χ3n) is 2.31. The molecule has 0 aliphatic heterocycles. The molecule has 22 heavy (non-hydrogen) atoms. The van der Waals surface area contributed by atoms with Crippen LogP contribution in [0.1, 0.15) is 43.6 Å². The van der Waals surface area contributed by atoms with Gasteiger partial charge in [0, 0.05) is 19.8 Å². The maximum absolute atomic E-state index is 13.3. The van der Waals surface area contributed by atoms with Crippen molar-refractivity contribution in [3.8, 4) is 6.07 Å². The fourth-order valence-corrected chi connectivity index (χ4v) is 1.29. The van der Waals surface area contributed by atoms with Crippen molar-refractivity contribution in [1.82, 2.24) is 5.32 Å². The number of benzene rings is 1. The molecule has 0 saturated carbocycles. The number of nitriles is 1. The monoisotopic (exact) mass is 312 g/mol. The van der Waals surface area contributed by atoms with E-state index >= 15 is 0 Å². The molecule has 0 unspecified atom stereocenters. The highest BCUT2D eigenvalue weighted by Crippen LogP contribution is 2.09. The van der Waals surface area contributed by atoms with Crippen molar-refractivity contribution in [2.45, 2.75) is 34.0 Å². The Morgan fingerprint density at radius 2 is 1.82 bits per heavy atom. The topological polar surface area (TPSA) is 71.3 Å². The summed E-state index contributed by atoms with van der Waals surface area (Å²) >= 11 is 0. The first-order valence-electron chi connectivity index (χ1n) is 7.15. The first-order chi connectivity index (χ1) is 10.6. The molecule has 0 bridgehead atoms. The highest BCUT2D eigenvalue weighted by molar-refractivity contribution is 5.94. The Balaban J connectivity index is 0. The summed E-state index contributed by atoms with van der Waals surface area (Å²) in [6.07, 6.45) is -0.558. The van der Waals surface area contributed by atoms with E-state index in [0.717, 1.165) is 6.07 Å². The number of halogens is 1. The normalized spacial score (nSPS) is 8.86. The van der Waals surface area contributed by atoms with Gasteiger partial charge in [-0.15, -0.1) is 0 Å². The van der Waals surface area contributed by atoms with Gasteiger partial charge in [-0.05, 0) is 18.2 Å². The molecule has 0 spiro atoms. The highest BCUT2D eigenvalue weighted by atomic mass is 19.1. The van der Waals surface area contributed by atoms with E-state index in [1.165, 1.54) is 26.4 Å². The average Bonchev–Trinajstić information content (AvgIpc) is 2.59. The molecule has 5 nitrogen and oxygen atoms in total. The number of methoxy groups -OCH3 is 2. The summed E-state index contributed by atoms with van der Waals surface area (Å²) in [6.45, 7) is 8.15. The van der Waals surface area contributed by atoms with E-state index in [0.29, 0.717) is 0 Å². The molecule has 1 rings (SSSR count). The van der Waals surface area contributed by atoms with E-state index in [9.17, 15) is 9.18 Å². The van der Waals surface area contributed by atoms with Gasteiger partial charge in [0.05, 0.1) is 12.1 Å². The van der Waals surface area contributed by atoms with Crippen LogP contribution in [0.3, 0.4) is 0 Å². The quantitative estimate of drug-likeness (QED) is 0.848. The van der Waals surface area contributed by atoms with Gasteiger partial charge in [0.15, 0.2) is 6.29 Å². The van der Waals surface area contributed by atoms with E-state index in [1.807, 2.05) is 27.7 Å². The number of hydrogen-bond donors (Lipinski definition) is 1. The summed E-state index contributed by atoms with van der Waals surface area (Å²) in [6, 6.07) is 5.34. The van der Waals surface area contributed by atoms with Crippen LogP contribution in [0.25, 0.3) is 0 Å². The van der Waals surface area contributed by atoms with Crippen LogP contribution < -0.4 is 5.32 Å². The molecular weight excluding hydrogens is 287 g/mol. The van der Waals surface area contributed by atoms with Crippen molar-refractivity contribution >= 4 is 5.91 Å². The number of carbonyl (C=O) groups excluding carboxylic acids is 1. The Morgan fingerprint density at radius 1 is 1.27 bits per heavy atom. The Kier molecular flexibility index (Phi) is 14.2. The predicted octanol–water partition coefficient (Wildman–Crippen LogP) is 3.10. The van der Waals surface area contributed by atoms with Gasteiger partial charge in [0.1, 0.15) is 11.9 Å². The maximum Gasteiger partial charge on any atom is 0.251 e. The van der Waals surface area contributed by atoms with Gasteiger partial charge in [-0.3, -0.25) is 4.79 Å². The lowest BCUT2D eigenvalue weighted by atomic mass is 10.1. The zero-order valence-corrected chi connectivity index (χ0v) is 14.1. The number of ether oxygens (including phenoxy) is 2. The van der Waals surface area contributed by atoms with Crippen molar-refractivity contribution < 1.29 is 18.7 Å². The third kappa shape index (κ3) is 7.72. The number of rotatable bonds is 5. The molecule has 0 atom stereocenters. The molecule has 1 aromatic rings. The van der Waals surface area contributed by atoms with Crippen LogP contribution in [-0.2, 0) is 9.47 Å². The van der Waals surface area contributed by atoms with E-state index in [2.05, 4.69) is 5.32 Å². The SMILES string of the molecule is CC.CC.COC(CNC(=O)c1ccc(C#N)c(F)c1)OC. The molecule has 1 N–H and O–H groups in total. The van der Waals surface area contributed by atoms with Crippen LogP contribution >= 0.6 is 0 Å². The lowest BCUT2D eigenvalue weighted by molar-refractivity contribution is -0.0974. The maximum atomic E-state index is 13.3. The van der Waals surface area contributed by atoms with Gasteiger partial charge in [0.25, 0.3) is 5.91 Å². The second kappa shape index (κ2) is 14.0. The smallest absolute Gasteiger partial charge is 0.251 e. The van der Waals surface area contributed by atoms with Gasteiger partial charge >= 0.3 is 0 Å². The lowest BCUT2D eigenvalue weighted by Gasteiger charge is -2.14. The fraction of sp³-hybridized carbons (Fsp3) is 0.500. The highest BCUT2D eigenvalue weighted by Gasteiger charge is 2.11. The summed E-state index contributed by atoms with van der Waals surface area (Å²) < 4.78 is 23.1. The lowest BCUT2D eigenvalue weighted by Crippen LogP contribution is -2.34. The molecule has 1 aromatic carbocycles. The summed E-state index contributed by atoms with van der Waals surface area (Å²) in [4.78, 5) is 11.7. The number of amides is 1. The second-order valence-electron chi connectivity index (χ2n) is 3.42. The molecular formula is C16H25FN2O3. The van der Waals surface area contributed by atoms with Crippen molar-refractivity contribution in [3.63, 3.8) is 0 Å². The van der Waals surface area contributed by atoms with Crippen molar-refractivity contribution in [1.29, 1.82) is 5.26 Å². The van der Waals surface area contributed by atoms with Crippen LogP contribution in [0.5, 0.6) is 0 Å². The summed E-state index contributed by atoms with van der Waals surface area (Å²) in [7, 11) is 2.89. The Hall–Kier alpha value is -1.97. The molecule has 0 aliphatic rings. The predicted molar refractivity (Wildman–Crippen MR) is 84.0 cm³/mol. The van der Waals surface area contributed by atoms with E-state index < -0.39 is 18.0 Å². The van der Waals surface area contributed by atoms with Gasteiger partial charge in [0.2, 0.25) is 0 Å². The summed E-state index contributed by atoms with van der Waals surface area (Å²) in [5, 5.41) is 11.1. The number of carbonyl (C=O) groups is 1. The molecule has 6 heteroatoms. The first kappa shape index (κ1) is 22.3. The molecule has 1 amide bonds. The van der Waals surface area contributed by atoms with Crippen LogP contribution in [0.15, 0.2) is 18.2 Å². The van der Waals surface area contributed by atoms with Crippen LogP contribution in [0, 0.1) is 17.1 Å². The molecule has 0 aromatic heterocycles. The van der Waals surface area contributed by atoms with Gasteiger partial charge in [-0.1, -0.05) is 27.7 Å². The summed E-state index contributed by atoms with van der Waals surface area (Å²) in [5.41, 5.74) is 0.0377. The Bertz CT molecular complexity index is 469. The minimum atomic E-state index is -0.722. The van der Waals surface area contributed by atoms with Crippen molar-refractivity contribution in [3.05, 3.63) is 35.1 Å². The standard InChI is InChI=1S/C12H13FN2O3.2C2H6/c1-17-11(18-2)7-15-12(16)8-3-4-9(6-14)10(13)5-8;2*1-2/h3-5,11H,7H2,1-2H3,(H,15,16);2*1-2H3. The van der Waals surface area contributed by atoms with E-state index in [4.69, 9.17) is 14.7 Å². The van der Waals surface area contributed by atoms with Crippen molar-refractivity contribution in [2.75, 3.05) is 20.8 Å². The molecule has 0 radical (unpaired) electrons. The minimum absolute atomic E-state index is 0.0989. The van der Waals surface area contributed by atoms with Crippen LogP contribution in [0.4, 0.5) is 4.39 Å². The van der Waals surface area contributed by atoms with Gasteiger partial charge < -0.3 is 14.8 Å². The molecule has 0 aliphatic carbocycles. The van der Waals surface area contributed by atoms with Crippen molar-refractivity contribution in [2.24, 2.45) is 0 Å². The zero-order valence-electron chi connectivity index (χ0n) is 14.1. The van der Waals surface area contributed by atoms with Gasteiger partial charge in [-0.2, -0.15) is 5.26 Å². The van der Waals surface area contributed by atoms with E-state index in [1.54, 1.807) is 6.07 Å². The Labute approximate surface area is 132 Å². The fourth-order valence-electron chi connectivity index (χ4n) is 1.29. The number of nitrogens with zero attached hydrogens (tertiary/aromatic N) is 1. The third-order valence-corrected chi connectivity index (χ3v) is 2.31. The average molecular weight is 312 g/mol.